The Kier molecular flexibility index (Phi) is 5.18. The van der Waals surface area contributed by atoms with Crippen molar-refractivity contribution in [3.8, 4) is 0 Å². The lowest BCUT2D eigenvalue weighted by Gasteiger charge is -2.17. The monoisotopic (exact) mass is 267 g/mol. The molecule has 0 saturated heterocycles. The van der Waals surface area contributed by atoms with Crippen molar-refractivity contribution in [1.29, 1.82) is 0 Å². The highest BCUT2D eigenvalue weighted by Gasteiger charge is 2.16. The molecule has 19 heavy (non-hydrogen) atoms. The minimum Gasteiger partial charge on any atom is -0.442 e. The number of ether oxygens (including phenoxy) is 1. The van der Waals surface area contributed by atoms with E-state index in [-0.39, 0.29) is 13.0 Å². The molecule has 0 aliphatic carbocycles. The second kappa shape index (κ2) is 6.43. The topological polar surface area (TPSA) is 58.9 Å². The molecule has 0 saturated carbocycles. The van der Waals surface area contributed by atoms with E-state index in [1.165, 1.54) is 18.2 Å². The van der Waals surface area contributed by atoms with E-state index >= 15 is 0 Å². The van der Waals surface area contributed by atoms with E-state index in [0.29, 0.717) is 11.3 Å². The number of amides is 1. The Morgan fingerprint density at radius 1 is 1.42 bits per heavy atom. The molecule has 0 heterocycles. The second-order valence-corrected chi connectivity index (χ2v) is 5.02. The fourth-order valence-corrected chi connectivity index (χ4v) is 1.43. The van der Waals surface area contributed by atoms with Crippen LogP contribution >= 0.6 is 0 Å². The van der Waals surface area contributed by atoms with Crippen LogP contribution in [0.15, 0.2) is 29.3 Å². The number of halogens is 1. The number of benzene rings is 1. The van der Waals surface area contributed by atoms with Crippen molar-refractivity contribution < 1.29 is 19.0 Å². The molecule has 1 rings (SSSR count). The van der Waals surface area contributed by atoms with Gasteiger partial charge in [0.15, 0.2) is 0 Å². The summed E-state index contributed by atoms with van der Waals surface area (Å²) in [6, 6.07) is 5.71. The maximum atomic E-state index is 13.1. The maximum Gasteiger partial charge on any atom is 0.434 e. The number of rotatable bonds is 3. The number of hydrogen-bond acceptors (Lipinski definition) is 3. The number of nitrogens with zero attached hydrogens (tertiary/aromatic N) is 1. The molecule has 0 radical (unpaired) electrons. The Labute approximate surface area is 111 Å². The van der Waals surface area contributed by atoms with Crippen LogP contribution in [0.3, 0.4) is 0 Å². The maximum absolute atomic E-state index is 13.1. The molecule has 5 heteroatoms. The summed E-state index contributed by atoms with van der Waals surface area (Å²) in [6.07, 6.45) is -0.594. The second-order valence-electron chi connectivity index (χ2n) is 5.02. The van der Waals surface area contributed by atoms with Crippen molar-refractivity contribution in [3.63, 3.8) is 0 Å². The zero-order chi connectivity index (χ0) is 14.5. The molecule has 0 spiro atoms. The normalized spacial score (nSPS) is 12.4. The molecule has 1 aromatic carbocycles. The van der Waals surface area contributed by atoms with Gasteiger partial charge in [0.2, 0.25) is 0 Å². The number of aliphatic imine (C=N–C) groups is 1. The van der Waals surface area contributed by atoms with Crippen LogP contribution in [0, 0.1) is 5.82 Å². The van der Waals surface area contributed by atoms with Crippen molar-refractivity contribution in [3.05, 3.63) is 35.6 Å². The number of hydrogen-bond donors (Lipinski definition) is 1. The molecular weight excluding hydrogens is 249 g/mol. The Hall–Kier alpha value is -1.75. The summed E-state index contributed by atoms with van der Waals surface area (Å²) in [7, 11) is 0. The summed E-state index contributed by atoms with van der Waals surface area (Å²) in [5.74, 6) is -0.424. The van der Waals surface area contributed by atoms with Crippen LogP contribution in [0.25, 0.3) is 0 Å². The average Bonchev–Trinajstić information content (AvgIpc) is 2.26. The fourth-order valence-electron chi connectivity index (χ4n) is 1.43. The van der Waals surface area contributed by atoms with E-state index in [1.807, 2.05) is 0 Å². The van der Waals surface area contributed by atoms with E-state index in [4.69, 9.17) is 9.84 Å². The molecule has 104 valence electrons. The molecule has 0 unspecified atom stereocenters. The van der Waals surface area contributed by atoms with Crippen molar-refractivity contribution in [2.45, 2.75) is 32.8 Å². The Morgan fingerprint density at radius 2 is 2.11 bits per heavy atom. The highest BCUT2D eigenvalue weighted by Crippen LogP contribution is 2.11. The third-order valence-corrected chi connectivity index (χ3v) is 2.13. The smallest absolute Gasteiger partial charge is 0.434 e. The molecule has 0 aliphatic rings. The molecular formula is C14H18FNO3. The highest BCUT2D eigenvalue weighted by molar-refractivity contribution is 6.05. The van der Waals surface area contributed by atoms with Gasteiger partial charge in [0.05, 0.1) is 5.71 Å². The van der Waals surface area contributed by atoms with Crippen LogP contribution in [0.5, 0.6) is 0 Å². The quantitative estimate of drug-likeness (QED) is 0.856. The van der Waals surface area contributed by atoms with Crippen LogP contribution in [0.2, 0.25) is 0 Å². The molecule has 0 atom stereocenters. The van der Waals surface area contributed by atoms with Gasteiger partial charge in [-0.2, -0.15) is 4.99 Å². The van der Waals surface area contributed by atoms with Gasteiger partial charge >= 0.3 is 6.09 Å². The lowest BCUT2D eigenvalue weighted by molar-refractivity contribution is 0.0604. The number of carbonyl (C=O) groups excluding carboxylic acids is 1. The Bertz CT molecular complexity index is 478. The minimum absolute atomic E-state index is 0.155. The van der Waals surface area contributed by atoms with Gasteiger partial charge in [-0.3, -0.25) is 0 Å². The summed E-state index contributed by atoms with van der Waals surface area (Å²) >= 11 is 0. The predicted octanol–water partition coefficient (Wildman–Crippen LogP) is 2.93. The first-order chi connectivity index (χ1) is 8.81. The molecule has 1 N–H and O–H groups in total. The Morgan fingerprint density at radius 3 is 2.63 bits per heavy atom. The van der Waals surface area contributed by atoms with Gasteiger partial charge in [-0.1, -0.05) is 12.1 Å². The van der Waals surface area contributed by atoms with Crippen molar-refractivity contribution >= 4 is 11.8 Å². The fraction of sp³-hybridized carbons (Fsp3) is 0.429. The van der Waals surface area contributed by atoms with E-state index in [2.05, 4.69) is 4.99 Å². The molecule has 0 aromatic heterocycles. The average molecular weight is 267 g/mol. The third-order valence-electron chi connectivity index (χ3n) is 2.13. The summed E-state index contributed by atoms with van der Waals surface area (Å²) in [5.41, 5.74) is 0.114. The van der Waals surface area contributed by atoms with Gasteiger partial charge in [-0.15, -0.1) is 0 Å². The first kappa shape index (κ1) is 15.3. The van der Waals surface area contributed by atoms with E-state index < -0.39 is 17.5 Å². The third kappa shape index (κ3) is 5.61. The van der Waals surface area contributed by atoms with Gasteiger partial charge < -0.3 is 9.84 Å². The van der Waals surface area contributed by atoms with Crippen LogP contribution < -0.4 is 0 Å². The van der Waals surface area contributed by atoms with Crippen LogP contribution in [-0.2, 0) is 4.74 Å². The minimum atomic E-state index is -0.750. The molecule has 4 nitrogen and oxygen atoms in total. The summed E-state index contributed by atoms with van der Waals surface area (Å²) < 4.78 is 18.2. The van der Waals surface area contributed by atoms with Crippen molar-refractivity contribution in [2.75, 3.05) is 6.61 Å². The molecule has 0 aliphatic heterocycles. The first-order valence-corrected chi connectivity index (χ1v) is 5.99. The summed E-state index contributed by atoms with van der Waals surface area (Å²) in [4.78, 5) is 15.4. The number of carbonyl (C=O) groups is 1. The first-order valence-electron chi connectivity index (χ1n) is 5.99. The van der Waals surface area contributed by atoms with Gasteiger partial charge in [0, 0.05) is 13.0 Å². The molecule has 1 amide bonds. The van der Waals surface area contributed by atoms with E-state index in [1.54, 1.807) is 26.8 Å². The molecule has 1 aromatic rings. The molecule has 0 bridgehead atoms. The lowest BCUT2D eigenvalue weighted by Crippen LogP contribution is -2.23. The van der Waals surface area contributed by atoms with Crippen LogP contribution in [0.1, 0.15) is 32.8 Å². The van der Waals surface area contributed by atoms with Crippen molar-refractivity contribution in [2.24, 2.45) is 4.99 Å². The zero-order valence-corrected chi connectivity index (χ0v) is 11.3. The summed E-state index contributed by atoms with van der Waals surface area (Å²) in [5, 5.41) is 8.99. The lowest BCUT2D eigenvalue weighted by atomic mass is 10.1. The van der Waals surface area contributed by atoms with Gasteiger partial charge in [-0.05, 0) is 38.5 Å². The SMILES string of the molecule is CC(C)(C)OC(=O)N=C(CCO)c1cccc(F)c1. The largest absolute Gasteiger partial charge is 0.442 e. The number of aliphatic hydroxyl groups is 1. The standard InChI is InChI=1S/C14H18FNO3/c1-14(2,3)19-13(18)16-12(7-8-17)10-5-4-6-11(15)9-10/h4-6,9,17H,7-8H2,1-3H3. The van der Waals surface area contributed by atoms with Gasteiger partial charge in [0.1, 0.15) is 11.4 Å². The van der Waals surface area contributed by atoms with Crippen LogP contribution in [-0.4, -0.2) is 29.1 Å². The Balaban J connectivity index is 2.97. The summed E-state index contributed by atoms with van der Waals surface area (Å²) in [6.45, 7) is 5.01. The number of aliphatic hydroxyl groups excluding tert-OH is 1. The van der Waals surface area contributed by atoms with Crippen molar-refractivity contribution in [1.82, 2.24) is 0 Å². The van der Waals surface area contributed by atoms with E-state index in [9.17, 15) is 9.18 Å². The van der Waals surface area contributed by atoms with Gasteiger partial charge in [0.25, 0.3) is 0 Å². The van der Waals surface area contributed by atoms with Gasteiger partial charge in [-0.25, -0.2) is 9.18 Å². The zero-order valence-electron chi connectivity index (χ0n) is 11.3. The molecule has 0 fully saturated rings. The highest BCUT2D eigenvalue weighted by atomic mass is 19.1. The predicted molar refractivity (Wildman–Crippen MR) is 70.9 cm³/mol. The van der Waals surface area contributed by atoms with E-state index in [0.717, 1.165) is 0 Å². The van der Waals surface area contributed by atoms with Crippen LogP contribution in [0.4, 0.5) is 9.18 Å².